The maximum absolute atomic E-state index is 10.0. The number of aromatic nitrogens is 3. The molecule has 1 fully saturated rings. The Balaban J connectivity index is 2.02. The van der Waals surface area contributed by atoms with E-state index in [2.05, 4.69) is 20.3 Å². The van der Waals surface area contributed by atoms with Gasteiger partial charge in [-0.1, -0.05) is 0 Å². The molecular weight excluding hydrogens is 234 g/mol. The van der Waals surface area contributed by atoms with Crippen LogP contribution < -0.4 is 11.1 Å². The number of nitrogen functional groups attached to an aromatic ring is 1. The van der Waals surface area contributed by atoms with E-state index >= 15 is 0 Å². The van der Waals surface area contributed by atoms with Gasteiger partial charge in [0.15, 0.2) is 5.82 Å². The predicted molar refractivity (Wildman–Crippen MR) is 65.7 cm³/mol. The van der Waals surface area contributed by atoms with Gasteiger partial charge in [0.05, 0.1) is 24.3 Å². The quantitative estimate of drug-likeness (QED) is 0.480. The molecular formula is C11H15N5O2. The van der Waals surface area contributed by atoms with Crippen molar-refractivity contribution in [1.29, 1.82) is 0 Å². The molecule has 96 valence electrons. The second-order valence-corrected chi connectivity index (χ2v) is 4.55. The van der Waals surface area contributed by atoms with Crippen LogP contribution in [-0.4, -0.2) is 43.9 Å². The van der Waals surface area contributed by atoms with E-state index in [1.807, 2.05) is 0 Å². The van der Waals surface area contributed by atoms with Crippen LogP contribution >= 0.6 is 0 Å². The molecule has 3 heterocycles. The second kappa shape index (κ2) is 4.20. The number of aliphatic hydroxyl groups is 2. The van der Waals surface area contributed by atoms with Crippen molar-refractivity contribution in [2.24, 2.45) is 0 Å². The summed E-state index contributed by atoms with van der Waals surface area (Å²) in [6.07, 6.45) is 3.15. The van der Waals surface area contributed by atoms with Gasteiger partial charge in [0, 0.05) is 17.8 Å². The summed E-state index contributed by atoms with van der Waals surface area (Å²) in [5.74, 6) is 0.387. The van der Waals surface area contributed by atoms with Gasteiger partial charge in [-0.3, -0.25) is 0 Å². The Morgan fingerprint density at radius 3 is 3.00 bits per heavy atom. The molecule has 2 aromatic heterocycles. The van der Waals surface area contributed by atoms with Crippen molar-refractivity contribution in [3.05, 3.63) is 18.1 Å². The highest BCUT2D eigenvalue weighted by molar-refractivity contribution is 5.87. The molecule has 7 nitrogen and oxygen atoms in total. The SMILES string of the molecule is Nc1ncnc2c(C3NC(CO)CC3O)c[nH]c12. The Morgan fingerprint density at radius 1 is 1.44 bits per heavy atom. The Labute approximate surface area is 103 Å². The number of H-pyrrole nitrogens is 1. The van der Waals surface area contributed by atoms with E-state index in [0.717, 1.165) is 5.56 Å². The minimum Gasteiger partial charge on any atom is -0.395 e. The fourth-order valence-electron chi connectivity index (χ4n) is 2.50. The number of aliphatic hydroxyl groups excluding tert-OH is 2. The lowest BCUT2D eigenvalue weighted by Crippen LogP contribution is -2.28. The normalized spacial score (nSPS) is 28.0. The van der Waals surface area contributed by atoms with Crippen molar-refractivity contribution < 1.29 is 10.2 Å². The molecule has 0 spiro atoms. The first-order valence-corrected chi connectivity index (χ1v) is 5.83. The van der Waals surface area contributed by atoms with E-state index in [0.29, 0.717) is 23.3 Å². The van der Waals surface area contributed by atoms with Gasteiger partial charge in [0.1, 0.15) is 11.8 Å². The first-order chi connectivity index (χ1) is 8.70. The highest BCUT2D eigenvalue weighted by atomic mass is 16.3. The van der Waals surface area contributed by atoms with Crippen LogP contribution in [0.15, 0.2) is 12.5 Å². The lowest BCUT2D eigenvalue weighted by molar-refractivity contribution is 0.157. The van der Waals surface area contributed by atoms with Crippen LogP contribution in [0, 0.1) is 0 Å². The third-order valence-corrected chi connectivity index (χ3v) is 3.40. The van der Waals surface area contributed by atoms with Gasteiger partial charge >= 0.3 is 0 Å². The molecule has 0 aromatic carbocycles. The maximum atomic E-state index is 10.0. The fourth-order valence-corrected chi connectivity index (χ4v) is 2.50. The highest BCUT2D eigenvalue weighted by Gasteiger charge is 2.34. The first kappa shape index (κ1) is 11.4. The van der Waals surface area contributed by atoms with Crippen LogP contribution in [0.25, 0.3) is 11.0 Å². The molecule has 3 unspecified atom stereocenters. The van der Waals surface area contributed by atoms with E-state index in [1.54, 1.807) is 6.20 Å². The van der Waals surface area contributed by atoms with Crippen LogP contribution in [0.1, 0.15) is 18.0 Å². The lowest BCUT2D eigenvalue weighted by atomic mass is 10.0. The topological polar surface area (TPSA) is 120 Å². The van der Waals surface area contributed by atoms with E-state index in [-0.39, 0.29) is 18.7 Å². The van der Waals surface area contributed by atoms with Gasteiger partial charge in [-0.25, -0.2) is 9.97 Å². The number of nitrogens with two attached hydrogens (primary N) is 1. The van der Waals surface area contributed by atoms with E-state index < -0.39 is 6.10 Å². The monoisotopic (exact) mass is 249 g/mol. The fraction of sp³-hybridized carbons (Fsp3) is 0.455. The molecule has 18 heavy (non-hydrogen) atoms. The summed E-state index contributed by atoms with van der Waals surface area (Å²) in [7, 11) is 0. The summed E-state index contributed by atoms with van der Waals surface area (Å²) in [5, 5.41) is 22.3. The zero-order chi connectivity index (χ0) is 12.7. The molecule has 7 heteroatoms. The third kappa shape index (κ3) is 1.64. The van der Waals surface area contributed by atoms with Crippen molar-refractivity contribution in [3.63, 3.8) is 0 Å². The second-order valence-electron chi connectivity index (χ2n) is 4.55. The smallest absolute Gasteiger partial charge is 0.151 e. The first-order valence-electron chi connectivity index (χ1n) is 5.83. The molecule has 0 saturated carbocycles. The average Bonchev–Trinajstić information content (AvgIpc) is 2.93. The van der Waals surface area contributed by atoms with E-state index in [4.69, 9.17) is 10.8 Å². The van der Waals surface area contributed by atoms with Gasteiger partial charge in [-0.15, -0.1) is 0 Å². The number of nitrogens with zero attached hydrogens (tertiary/aromatic N) is 2. The molecule has 1 aliphatic heterocycles. The third-order valence-electron chi connectivity index (χ3n) is 3.40. The van der Waals surface area contributed by atoms with Crippen molar-refractivity contribution >= 4 is 16.9 Å². The highest BCUT2D eigenvalue weighted by Crippen LogP contribution is 2.31. The van der Waals surface area contributed by atoms with Crippen LogP contribution in [0.5, 0.6) is 0 Å². The minimum atomic E-state index is -0.544. The number of hydrogen-bond acceptors (Lipinski definition) is 6. The summed E-state index contributed by atoms with van der Waals surface area (Å²) < 4.78 is 0. The number of aromatic amines is 1. The van der Waals surface area contributed by atoms with Gasteiger partial charge in [-0.05, 0) is 6.42 Å². The standard InChI is InChI=1S/C11H15N5O2/c12-11-10-9(14-4-15-11)6(2-13-10)8-7(18)1-5(3-17)16-8/h2,4-5,7-8,13,16-18H,1,3H2,(H2,12,14,15). The van der Waals surface area contributed by atoms with Gasteiger partial charge in [0.2, 0.25) is 0 Å². The molecule has 1 aliphatic rings. The molecule has 3 atom stereocenters. The van der Waals surface area contributed by atoms with Gasteiger partial charge in [0.25, 0.3) is 0 Å². The van der Waals surface area contributed by atoms with E-state index in [1.165, 1.54) is 6.33 Å². The van der Waals surface area contributed by atoms with Crippen molar-refractivity contribution in [2.75, 3.05) is 12.3 Å². The Kier molecular flexibility index (Phi) is 2.66. The predicted octanol–water partition coefficient (Wildman–Crippen LogP) is -0.704. The Bertz CT molecular complexity index is 570. The zero-order valence-electron chi connectivity index (χ0n) is 9.67. The number of fused-ring (bicyclic) bond motifs is 1. The van der Waals surface area contributed by atoms with Crippen LogP contribution in [-0.2, 0) is 0 Å². The molecule has 2 aromatic rings. The maximum Gasteiger partial charge on any atom is 0.151 e. The zero-order valence-corrected chi connectivity index (χ0v) is 9.67. The van der Waals surface area contributed by atoms with Crippen LogP contribution in [0.4, 0.5) is 5.82 Å². The largest absolute Gasteiger partial charge is 0.395 e. The number of nitrogens with one attached hydrogen (secondary N) is 2. The van der Waals surface area contributed by atoms with Crippen molar-refractivity contribution in [3.8, 4) is 0 Å². The molecule has 0 bridgehead atoms. The minimum absolute atomic E-state index is 0.00698. The van der Waals surface area contributed by atoms with Crippen molar-refractivity contribution in [1.82, 2.24) is 20.3 Å². The number of hydrogen-bond donors (Lipinski definition) is 5. The van der Waals surface area contributed by atoms with Gasteiger partial charge in [-0.2, -0.15) is 0 Å². The summed E-state index contributed by atoms with van der Waals surface area (Å²) in [4.78, 5) is 11.1. The van der Waals surface area contributed by atoms with E-state index in [9.17, 15) is 5.11 Å². The average molecular weight is 249 g/mol. The molecule has 0 amide bonds. The summed E-state index contributed by atoms with van der Waals surface area (Å²) in [6, 6.07) is -0.334. The number of anilines is 1. The Hall–Kier alpha value is -1.70. The number of rotatable bonds is 2. The molecule has 0 aliphatic carbocycles. The van der Waals surface area contributed by atoms with Gasteiger partial charge < -0.3 is 26.2 Å². The van der Waals surface area contributed by atoms with Crippen LogP contribution in [0.2, 0.25) is 0 Å². The van der Waals surface area contributed by atoms with Crippen LogP contribution in [0.3, 0.4) is 0 Å². The molecule has 3 rings (SSSR count). The lowest BCUT2D eigenvalue weighted by Gasteiger charge is -2.14. The molecule has 6 N–H and O–H groups in total. The Morgan fingerprint density at radius 2 is 2.28 bits per heavy atom. The summed E-state index contributed by atoms with van der Waals surface area (Å²) in [6.45, 7) is 0.00698. The molecule has 1 saturated heterocycles. The summed E-state index contributed by atoms with van der Waals surface area (Å²) >= 11 is 0. The summed E-state index contributed by atoms with van der Waals surface area (Å²) in [5.41, 5.74) is 7.98. The molecule has 0 radical (unpaired) electrons. The van der Waals surface area contributed by atoms with Crippen molar-refractivity contribution in [2.45, 2.75) is 24.6 Å².